The van der Waals surface area contributed by atoms with Crippen LogP contribution in [0, 0.1) is 5.92 Å². The van der Waals surface area contributed by atoms with Gasteiger partial charge in [0.25, 0.3) is 0 Å². The van der Waals surface area contributed by atoms with Gasteiger partial charge < -0.3 is 10.1 Å². The molecule has 4 heteroatoms. The maximum absolute atomic E-state index is 10.7. The van der Waals surface area contributed by atoms with Crippen LogP contribution in [0.3, 0.4) is 0 Å². The third-order valence-electron chi connectivity index (χ3n) is 1.51. The average Bonchev–Trinajstić information content (AvgIpc) is 1.98. The van der Waals surface area contributed by atoms with Crippen molar-refractivity contribution in [1.29, 1.82) is 0 Å². The summed E-state index contributed by atoms with van der Waals surface area (Å²) in [5.74, 6) is 1.26. The summed E-state index contributed by atoms with van der Waals surface area (Å²) in [5, 5.41) is 3.23. The molecule has 0 saturated carbocycles. The standard InChI is InChI=1S/C8H19NO2S/c1-8(7-11-2)6-9-4-5-12(3)10/h8-9H,4-7H2,1-3H3. The first-order valence-electron chi connectivity index (χ1n) is 4.16. The van der Waals surface area contributed by atoms with Crippen molar-refractivity contribution in [2.75, 3.05) is 38.8 Å². The molecule has 0 saturated heterocycles. The van der Waals surface area contributed by atoms with E-state index in [0.29, 0.717) is 5.92 Å². The second-order valence-corrected chi connectivity index (χ2v) is 4.60. The van der Waals surface area contributed by atoms with E-state index < -0.39 is 10.8 Å². The van der Waals surface area contributed by atoms with Gasteiger partial charge in [0, 0.05) is 43.1 Å². The fraction of sp³-hybridized carbons (Fsp3) is 1.00. The Kier molecular flexibility index (Phi) is 7.75. The quantitative estimate of drug-likeness (QED) is 0.589. The van der Waals surface area contributed by atoms with E-state index in [9.17, 15) is 4.21 Å². The first kappa shape index (κ1) is 12.1. The van der Waals surface area contributed by atoms with Crippen LogP contribution >= 0.6 is 0 Å². The van der Waals surface area contributed by atoms with Crippen LogP contribution in [0.25, 0.3) is 0 Å². The predicted octanol–water partition coefficient (Wildman–Crippen LogP) is 0.237. The van der Waals surface area contributed by atoms with Crippen LogP contribution in [-0.4, -0.2) is 43.0 Å². The summed E-state index contributed by atoms with van der Waals surface area (Å²) in [6.07, 6.45) is 1.72. The van der Waals surface area contributed by atoms with Gasteiger partial charge in [0.2, 0.25) is 0 Å². The van der Waals surface area contributed by atoms with Crippen molar-refractivity contribution in [3.63, 3.8) is 0 Å². The third-order valence-corrected chi connectivity index (χ3v) is 2.29. The van der Waals surface area contributed by atoms with Crippen molar-refractivity contribution in [3.8, 4) is 0 Å². The van der Waals surface area contributed by atoms with Gasteiger partial charge in [-0.3, -0.25) is 4.21 Å². The molecule has 0 rings (SSSR count). The molecule has 0 aromatic rings. The first-order chi connectivity index (χ1) is 5.66. The summed E-state index contributed by atoms with van der Waals surface area (Å²) < 4.78 is 15.6. The van der Waals surface area contributed by atoms with Crippen LogP contribution in [0.5, 0.6) is 0 Å². The number of hydrogen-bond donors (Lipinski definition) is 1. The highest BCUT2D eigenvalue weighted by molar-refractivity contribution is 7.84. The van der Waals surface area contributed by atoms with Gasteiger partial charge in [0.05, 0.1) is 0 Å². The molecule has 0 amide bonds. The van der Waals surface area contributed by atoms with Crippen molar-refractivity contribution in [2.24, 2.45) is 5.92 Å². The molecule has 2 atom stereocenters. The second-order valence-electron chi connectivity index (χ2n) is 3.04. The van der Waals surface area contributed by atoms with Crippen molar-refractivity contribution in [3.05, 3.63) is 0 Å². The predicted molar refractivity (Wildman–Crippen MR) is 52.8 cm³/mol. The Labute approximate surface area is 77.3 Å². The zero-order chi connectivity index (χ0) is 9.40. The van der Waals surface area contributed by atoms with E-state index >= 15 is 0 Å². The molecule has 0 fully saturated rings. The molecule has 2 unspecified atom stereocenters. The molecule has 0 aromatic heterocycles. The zero-order valence-electron chi connectivity index (χ0n) is 8.13. The molecular weight excluding hydrogens is 174 g/mol. The highest BCUT2D eigenvalue weighted by Gasteiger charge is 1.99. The lowest BCUT2D eigenvalue weighted by Gasteiger charge is -2.10. The van der Waals surface area contributed by atoms with Gasteiger partial charge >= 0.3 is 0 Å². The molecular formula is C8H19NO2S. The Bertz CT molecular complexity index is 130. The summed E-state index contributed by atoms with van der Waals surface area (Å²) in [4.78, 5) is 0. The molecule has 3 nitrogen and oxygen atoms in total. The van der Waals surface area contributed by atoms with Crippen molar-refractivity contribution in [1.82, 2.24) is 5.32 Å². The molecule has 74 valence electrons. The lowest BCUT2D eigenvalue weighted by molar-refractivity contribution is 0.159. The van der Waals surface area contributed by atoms with E-state index in [1.807, 2.05) is 0 Å². The van der Waals surface area contributed by atoms with Gasteiger partial charge in [-0.25, -0.2) is 0 Å². The van der Waals surface area contributed by atoms with E-state index in [1.165, 1.54) is 0 Å². The van der Waals surface area contributed by atoms with E-state index in [-0.39, 0.29) is 0 Å². The molecule has 0 aliphatic carbocycles. The van der Waals surface area contributed by atoms with Crippen molar-refractivity contribution in [2.45, 2.75) is 6.92 Å². The molecule has 0 radical (unpaired) electrons. The Morgan fingerprint density at radius 2 is 2.25 bits per heavy atom. The topological polar surface area (TPSA) is 38.3 Å². The molecule has 0 heterocycles. The van der Waals surface area contributed by atoms with Gasteiger partial charge in [0.1, 0.15) is 0 Å². The minimum Gasteiger partial charge on any atom is -0.384 e. The monoisotopic (exact) mass is 193 g/mol. The molecule has 0 spiro atoms. The van der Waals surface area contributed by atoms with Gasteiger partial charge in [0.15, 0.2) is 0 Å². The zero-order valence-corrected chi connectivity index (χ0v) is 8.95. The second kappa shape index (κ2) is 7.71. The number of ether oxygens (including phenoxy) is 1. The van der Waals surface area contributed by atoms with Gasteiger partial charge in [-0.1, -0.05) is 6.92 Å². The fourth-order valence-corrected chi connectivity index (χ4v) is 1.34. The minimum absolute atomic E-state index is 0.528. The van der Waals surface area contributed by atoms with Crippen LogP contribution < -0.4 is 5.32 Å². The summed E-state index contributed by atoms with van der Waals surface area (Å²) >= 11 is 0. The largest absolute Gasteiger partial charge is 0.384 e. The van der Waals surface area contributed by atoms with Gasteiger partial charge in [-0.2, -0.15) is 0 Å². The van der Waals surface area contributed by atoms with E-state index in [1.54, 1.807) is 13.4 Å². The van der Waals surface area contributed by atoms with Gasteiger partial charge in [-0.05, 0) is 12.5 Å². The smallest absolute Gasteiger partial charge is 0.0499 e. The van der Waals surface area contributed by atoms with E-state index in [2.05, 4.69) is 12.2 Å². The summed E-state index contributed by atoms with van der Waals surface area (Å²) in [6.45, 7) is 4.67. The van der Waals surface area contributed by atoms with Crippen molar-refractivity contribution < 1.29 is 8.95 Å². The molecule has 0 aliphatic rings. The molecule has 0 aromatic carbocycles. The maximum atomic E-state index is 10.7. The summed E-state index contributed by atoms with van der Waals surface area (Å²) in [7, 11) is 1.03. The third kappa shape index (κ3) is 8.17. The van der Waals surface area contributed by atoms with Crippen LogP contribution in [-0.2, 0) is 15.5 Å². The molecule has 0 bridgehead atoms. The number of methoxy groups -OCH3 is 1. The molecule has 0 aliphatic heterocycles. The highest BCUT2D eigenvalue weighted by atomic mass is 32.2. The van der Waals surface area contributed by atoms with Crippen LogP contribution in [0.4, 0.5) is 0 Å². The molecule has 12 heavy (non-hydrogen) atoms. The highest BCUT2D eigenvalue weighted by Crippen LogP contribution is 1.91. The minimum atomic E-state index is -0.678. The van der Waals surface area contributed by atoms with Crippen molar-refractivity contribution >= 4 is 10.8 Å². The lowest BCUT2D eigenvalue weighted by Crippen LogP contribution is -2.27. The fourth-order valence-electron chi connectivity index (χ4n) is 0.908. The Balaban J connectivity index is 3.13. The van der Waals surface area contributed by atoms with Crippen LogP contribution in [0.15, 0.2) is 0 Å². The number of nitrogens with one attached hydrogen (secondary N) is 1. The average molecular weight is 193 g/mol. The van der Waals surface area contributed by atoms with Gasteiger partial charge in [-0.15, -0.1) is 0 Å². The van der Waals surface area contributed by atoms with Crippen LogP contribution in [0.2, 0.25) is 0 Å². The Hall–Kier alpha value is 0.0700. The maximum Gasteiger partial charge on any atom is 0.0499 e. The van der Waals surface area contributed by atoms with Crippen LogP contribution in [0.1, 0.15) is 6.92 Å². The SMILES string of the molecule is COCC(C)CNCCS(C)=O. The normalized spacial score (nSPS) is 15.9. The summed E-state index contributed by atoms with van der Waals surface area (Å²) in [5.41, 5.74) is 0. The number of hydrogen-bond acceptors (Lipinski definition) is 3. The summed E-state index contributed by atoms with van der Waals surface area (Å²) in [6, 6.07) is 0. The lowest BCUT2D eigenvalue weighted by atomic mass is 10.2. The number of rotatable bonds is 7. The molecule has 1 N–H and O–H groups in total. The first-order valence-corrected chi connectivity index (χ1v) is 5.89. The van der Waals surface area contributed by atoms with E-state index in [0.717, 1.165) is 25.4 Å². The Morgan fingerprint density at radius 1 is 1.58 bits per heavy atom. The Morgan fingerprint density at radius 3 is 2.75 bits per heavy atom. The van der Waals surface area contributed by atoms with E-state index in [4.69, 9.17) is 4.74 Å².